The van der Waals surface area contributed by atoms with Gasteiger partial charge in [0.2, 0.25) is 0 Å². The second kappa shape index (κ2) is 3.56. The molecular formula is C10H18O2. The van der Waals surface area contributed by atoms with E-state index in [1.165, 1.54) is 6.42 Å². The maximum atomic E-state index is 11.3. The van der Waals surface area contributed by atoms with Crippen LogP contribution in [-0.4, -0.2) is 18.5 Å². The third kappa shape index (κ3) is 1.86. The molecule has 70 valence electrons. The number of ketones is 1. The van der Waals surface area contributed by atoms with Gasteiger partial charge in [-0.1, -0.05) is 13.8 Å². The van der Waals surface area contributed by atoms with Crippen molar-refractivity contribution in [3.63, 3.8) is 0 Å². The Labute approximate surface area is 74.3 Å². The molecule has 1 heterocycles. The van der Waals surface area contributed by atoms with Crippen molar-refractivity contribution in [2.75, 3.05) is 6.61 Å². The van der Waals surface area contributed by atoms with Crippen molar-refractivity contribution in [1.82, 2.24) is 0 Å². The molecule has 1 rings (SSSR count). The number of carbonyl (C=O) groups excluding carboxylic acids is 1. The summed E-state index contributed by atoms with van der Waals surface area (Å²) >= 11 is 0. The SMILES string of the molecule is CC(=O)C(C)(C)C1CCCCO1. The van der Waals surface area contributed by atoms with Crippen LogP contribution in [0.3, 0.4) is 0 Å². The highest BCUT2D eigenvalue weighted by Gasteiger charge is 2.35. The summed E-state index contributed by atoms with van der Waals surface area (Å²) in [5, 5.41) is 0. The van der Waals surface area contributed by atoms with Crippen LogP contribution in [-0.2, 0) is 9.53 Å². The Kier molecular flexibility index (Phi) is 2.89. The molecule has 0 N–H and O–H groups in total. The number of hydrogen-bond acceptors (Lipinski definition) is 2. The number of Topliss-reactive ketones (excluding diaryl/α,β-unsaturated/α-hetero) is 1. The molecule has 2 nitrogen and oxygen atoms in total. The van der Waals surface area contributed by atoms with Gasteiger partial charge < -0.3 is 4.74 Å². The Morgan fingerprint density at radius 1 is 1.42 bits per heavy atom. The minimum absolute atomic E-state index is 0.142. The molecule has 1 atom stereocenters. The number of rotatable bonds is 2. The van der Waals surface area contributed by atoms with E-state index < -0.39 is 0 Å². The Bertz CT molecular complexity index is 167. The van der Waals surface area contributed by atoms with Gasteiger partial charge in [-0.3, -0.25) is 4.79 Å². The van der Waals surface area contributed by atoms with Crippen LogP contribution in [0.15, 0.2) is 0 Å². The van der Waals surface area contributed by atoms with E-state index in [2.05, 4.69) is 0 Å². The fraction of sp³-hybridized carbons (Fsp3) is 0.900. The first-order valence-corrected chi connectivity index (χ1v) is 4.68. The molecule has 1 aliphatic heterocycles. The summed E-state index contributed by atoms with van der Waals surface area (Å²) in [5.74, 6) is 0.231. The molecule has 0 amide bonds. The zero-order valence-corrected chi connectivity index (χ0v) is 8.22. The van der Waals surface area contributed by atoms with Gasteiger partial charge in [-0.2, -0.15) is 0 Å². The summed E-state index contributed by atoms with van der Waals surface area (Å²) in [6.45, 7) is 6.43. The van der Waals surface area contributed by atoms with Crippen molar-refractivity contribution in [1.29, 1.82) is 0 Å². The first kappa shape index (κ1) is 9.72. The van der Waals surface area contributed by atoms with E-state index in [1.54, 1.807) is 6.92 Å². The van der Waals surface area contributed by atoms with Crippen LogP contribution in [0.2, 0.25) is 0 Å². The van der Waals surface area contributed by atoms with Crippen LogP contribution in [0.5, 0.6) is 0 Å². The van der Waals surface area contributed by atoms with Crippen molar-refractivity contribution in [3.05, 3.63) is 0 Å². The fourth-order valence-electron chi connectivity index (χ4n) is 1.54. The maximum absolute atomic E-state index is 11.3. The summed E-state index contributed by atoms with van der Waals surface area (Å²) in [4.78, 5) is 11.3. The average molecular weight is 170 g/mol. The van der Waals surface area contributed by atoms with Gasteiger partial charge in [0, 0.05) is 12.0 Å². The van der Waals surface area contributed by atoms with Crippen LogP contribution in [0, 0.1) is 5.41 Å². The molecule has 0 aromatic heterocycles. The molecule has 0 aromatic rings. The third-order valence-electron chi connectivity index (χ3n) is 2.89. The molecule has 1 fully saturated rings. The summed E-state index contributed by atoms with van der Waals surface area (Å²) in [5.41, 5.74) is -0.291. The summed E-state index contributed by atoms with van der Waals surface area (Å²) in [6, 6.07) is 0. The second-order valence-electron chi connectivity index (χ2n) is 4.13. The third-order valence-corrected chi connectivity index (χ3v) is 2.89. The molecule has 0 bridgehead atoms. The Balaban J connectivity index is 2.59. The van der Waals surface area contributed by atoms with E-state index in [9.17, 15) is 4.79 Å². The minimum Gasteiger partial charge on any atom is -0.377 e. The summed E-state index contributed by atoms with van der Waals surface area (Å²) in [6.07, 6.45) is 3.52. The van der Waals surface area contributed by atoms with Crippen LogP contribution >= 0.6 is 0 Å². The lowest BCUT2D eigenvalue weighted by Crippen LogP contribution is -2.39. The smallest absolute Gasteiger partial charge is 0.138 e. The van der Waals surface area contributed by atoms with Crippen molar-refractivity contribution < 1.29 is 9.53 Å². The molecule has 0 aromatic carbocycles. The molecule has 0 aliphatic carbocycles. The molecule has 1 aliphatic rings. The van der Waals surface area contributed by atoms with Crippen LogP contribution in [0.1, 0.15) is 40.0 Å². The molecule has 0 spiro atoms. The van der Waals surface area contributed by atoms with Crippen molar-refractivity contribution in [2.45, 2.75) is 46.1 Å². The van der Waals surface area contributed by atoms with Gasteiger partial charge in [-0.05, 0) is 26.2 Å². The van der Waals surface area contributed by atoms with E-state index in [0.29, 0.717) is 0 Å². The number of hydrogen-bond donors (Lipinski definition) is 0. The number of carbonyl (C=O) groups is 1. The normalized spacial score (nSPS) is 25.4. The molecule has 2 heteroatoms. The fourth-order valence-corrected chi connectivity index (χ4v) is 1.54. The first-order valence-electron chi connectivity index (χ1n) is 4.68. The van der Waals surface area contributed by atoms with Gasteiger partial charge in [-0.25, -0.2) is 0 Å². The van der Waals surface area contributed by atoms with Crippen molar-refractivity contribution in [3.8, 4) is 0 Å². The average Bonchev–Trinajstić information content (AvgIpc) is 2.06. The van der Waals surface area contributed by atoms with Gasteiger partial charge in [0.15, 0.2) is 0 Å². The second-order valence-corrected chi connectivity index (χ2v) is 4.13. The predicted octanol–water partition coefficient (Wildman–Crippen LogP) is 2.17. The van der Waals surface area contributed by atoms with Crippen LogP contribution in [0.25, 0.3) is 0 Å². The Morgan fingerprint density at radius 3 is 2.50 bits per heavy atom. The highest BCUT2D eigenvalue weighted by atomic mass is 16.5. The van der Waals surface area contributed by atoms with Gasteiger partial charge >= 0.3 is 0 Å². The van der Waals surface area contributed by atoms with E-state index in [4.69, 9.17) is 4.74 Å². The molecule has 1 unspecified atom stereocenters. The zero-order chi connectivity index (χ0) is 9.19. The topological polar surface area (TPSA) is 26.3 Å². The highest BCUT2D eigenvalue weighted by molar-refractivity contribution is 5.82. The molecule has 0 saturated carbocycles. The van der Waals surface area contributed by atoms with Crippen LogP contribution < -0.4 is 0 Å². The van der Waals surface area contributed by atoms with Gasteiger partial charge in [-0.15, -0.1) is 0 Å². The lowest BCUT2D eigenvalue weighted by Gasteiger charge is -2.34. The number of ether oxygens (including phenoxy) is 1. The summed E-state index contributed by atoms with van der Waals surface area (Å²) < 4.78 is 5.58. The Morgan fingerprint density at radius 2 is 2.08 bits per heavy atom. The van der Waals surface area contributed by atoms with Gasteiger partial charge in [0.25, 0.3) is 0 Å². The molecule has 12 heavy (non-hydrogen) atoms. The quantitative estimate of drug-likeness (QED) is 0.635. The van der Waals surface area contributed by atoms with Gasteiger partial charge in [0.05, 0.1) is 6.10 Å². The van der Waals surface area contributed by atoms with E-state index >= 15 is 0 Å². The summed E-state index contributed by atoms with van der Waals surface area (Å²) in [7, 11) is 0. The van der Waals surface area contributed by atoms with E-state index in [1.807, 2.05) is 13.8 Å². The van der Waals surface area contributed by atoms with E-state index in [-0.39, 0.29) is 17.3 Å². The zero-order valence-electron chi connectivity index (χ0n) is 8.22. The highest BCUT2D eigenvalue weighted by Crippen LogP contribution is 2.30. The monoisotopic (exact) mass is 170 g/mol. The van der Waals surface area contributed by atoms with Crippen LogP contribution in [0.4, 0.5) is 0 Å². The molecular weight excluding hydrogens is 152 g/mol. The largest absolute Gasteiger partial charge is 0.377 e. The Hall–Kier alpha value is -0.370. The standard InChI is InChI=1S/C10H18O2/c1-8(11)10(2,3)9-6-4-5-7-12-9/h9H,4-7H2,1-3H3. The predicted molar refractivity (Wildman–Crippen MR) is 48.1 cm³/mol. The first-order chi connectivity index (χ1) is 5.55. The van der Waals surface area contributed by atoms with Gasteiger partial charge in [0.1, 0.15) is 5.78 Å². The lowest BCUT2D eigenvalue weighted by atomic mass is 9.79. The molecule has 1 saturated heterocycles. The molecule has 0 radical (unpaired) electrons. The van der Waals surface area contributed by atoms with E-state index in [0.717, 1.165) is 19.4 Å². The van der Waals surface area contributed by atoms with Crippen molar-refractivity contribution >= 4 is 5.78 Å². The minimum atomic E-state index is -0.291. The van der Waals surface area contributed by atoms with Crippen molar-refractivity contribution in [2.24, 2.45) is 5.41 Å². The maximum Gasteiger partial charge on any atom is 0.138 e. The lowest BCUT2D eigenvalue weighted by molar-refractivity contribution is -0.136.